The smallest absolute Gasteiger partial charge is 0.259 e. The van der Waals surface area contributed by atoms with Crippen molar-refractivity contribution in [2.24, 2.45) is 4.99 Å². The Kier molecular flexibility index (Phi) is 3.08. The Bertz CT molecular complexity index is 665. The molecule has 21 heavy (non-hydrogen) atoms. The number of hydrogen-bond donors (Lipinski definition) is 1. The Morgan fingerprint density at radius 2 is 2.05 bits per heavy atom. The lowest BCUT2D eigenvalue weighted by Crippen LogP contribution is -2.49. The van der Waals surface area contributed by atoms with Crippen LogP contribution in [0, 0.1) is 0 Å². The van der Waals surface area contributed by atoms with Crippen LogP contribution in [0.4, 0.5) is 0 Å². The highest BCUT2D eigenvalue weighted by molar-refractivity contribution is 9.10. The Morgan fingerprint density at radius 3 is 2.86 bits per heavy atom. The summed E-state index contributed by atoms with van der Waals surface area (Å²) in [6, 6.07) is 8.07. The molecular weight excluding hydrogens is 332 g/mol. The van der Waals surface area contributed by atoms with E-state index in [9.17, 15) is 4.79 Å². The van der Waals surface area contributed by atoms with Crippen LogP contribution in [-0.2, 0) is 11.3 Å². The molecule has 0 aliphatic carbocycles. The molecule has 3 heterocycles. The molecular formula is C15H15BrN4O. The molecule has 0 saturated heterocycles. The molecule has 1 amide bonds. The molecule has 3 aliphatic heterocycles. The molecule has 0 aromatic heterocycles. The monoisotopic (exact) mass is 346 g/mol. The van der Waals surface area contributed by atoms with Crippen molar-refractivity contribution in [1.29, 1.82) is 0 Å². The summed E-state index contributed by atoms with van der Waals surface area (Å²) in [5.41, 5.74) is 3.12. The first-order chi connectivity index (χ1) is 10.2. The second-order valence-electron chi connectivity index (χ2n) is 5.38. The molecule has 5 nitrogen and oxygen atoms in total. The Morgan fingerprint density at radius 1 is 1.24 bits per heavy atom. The fourth-order valence-electron chi connectivity index (χ4n) is 3.06. The number of aliphatic imine (C=N–C) groups is 1. The summed E-state index contributed by atoms with van der Waals surface area (Å²) in [4.78, 5) is 21.3. The Balaban J connectivity index is 1.68. The van der Waals surface area contributed by atoms with Crippen molar-refractivity contribution in [2.75, 3.05) is 26.2 Å². The van der Waals surface area contributed by atoms with E-state index in [1.165, 1.54) is 0 Å². The van der Waals surface area contributed by atoms with Crippen molar-refractivity contribution in [2.45, 2.75) is 6.54 Å². The number of benzene rings is 1. The summed E-state index contributed by atoms with van der Waals surface area (Å²) >= 11 is 3.44. The highest BCUT2D eigenvalue weighted by atomic mass is 79.9. The quantitative estimate of drug-likeness (QED) is 0.878. The van der Waals surface area contributed by atoms with Crippen LogP contribution in [0.2, 0.25) is 0 Å². The number of fused-ring (bicyclic) bond motifs is 2. The van der Waals surface area contributed by atoms with Crippen LogP contribution in [0.25, 0.3) is 0 Å². The van der Waals surface area contributed by atoms with Crippen molar-refractivity contribution in [3.05, 3.63) is 45.6 Å². The van der Waals surface area contributed by atoms with E-state index in [-0.39, 0.29) is 5.91 Å². The maximum atomic E-state index is 12.7. The molecule has 0 saturated carbocycles. The van der Waals surface area contributed by atoms with Gasteiger partial charge in [0.05, 0.1) is 18.7 Å². The van der Waals surface area contributed by atoms with E-state index < -0.39 is 0 Å². The van der Waals surface area contributed by atoms with Gasteiger partial charge in [-0.05, 0) is 17.7 Å². The van der Waals surface area contributed by atoms with Crippen molar-refractivity contribution < 1.29 is 4.79 Å². The summed E-state index contributed by atoms with van der Waals surface area (Å²) < 4.78 is 1.04. The molecule has 3 aliphatic rings. The standard InChI is InChI=1S/C15H15BrN4O/c16-11-3-1-10(2-4-11)9-20-14(21)12-7-17-8-13(12)19-6-5-18-15(19)20/h1-4,17H,5-9H2. The average Bonchev–Trinajstić information content (AvgIpc) is 3.13. The van der Waals surface area contributed by atoms with Gasteiger partial charge in [0.2, 0.25) is 5.96 Å². The Labute approximate surface area is 131 Å². The van der Waals surface area contributed by atoms with Crippen molar-refractivity contribution in [3.8, 4) is 0 Å². The van der Waals surface area contributed by atoms with Crippen LogP contribution in [0.1, 0.15) is 5.56 Å². The van der Waals surface area contributed by atoms with E-state index in [1.54, 1.807) is 0 Å². The van der Waals surface area contributed by atoms with Gasteiger partial charge in [0.15, 0.2) is 0 Å². The first kappa shape index (κ1) is 13.0. The fourth-order valence-corrected chi connectivity index (χ4v) is 3.33. The number of carbonyl (C=O) groups is 1. The van der Waals surface area contributed by atoms with Gasteiger partial charge in [-0.2, -0.15) is 0 Å². The van der Waals surface area contributed by atoms with Gasteiger partial charge in [-0.1, -0.05) is 28.1 Å². The number of carbonyl (C=O) groups excluding carboxylic acids is 1. The Hall–Kier alpha value is -1.66. The zero-order valence-corrected chi connectivity index (χ0v) is 13.1. The number of nitrogens with zero attached hydrogens (tertiary/aromatic N) is 3. The normalized spacial score (nSPS) is 20.8. The van der Waals surface area contributed by atoms with Crippen LogP contribution in [-0.4, -0.2) is 47.8 Å². The molecule has 108 valence electrons. The van der Waals surface area contributed by atoms with Gasteiger partial charge in [0.1, 0.15) is 0 Å². The fraction of sp³-hybridized carbons (Fsp3) is 0.333. The number of guanidine groups is 1. The molecule has 0 spiro atoms. The van der Waals surface area contributed by atoms with E-state index in [4.69, 9.17) is 0 Å². The van der Waals surface area contributed by atoms with Gasteiger partial charge in [-0.25, -0.2) is 0 Å². The lowest BCUT2D eigenvalue weighted by Gasteiger charge is -2.35. The van der Waals surface area contributed by atoms with E-state index in [2.05, 4.69) is 31.1 Å². The molecule has 4 rings (SSSR count). The van der Waals surface area contributed by atoms with Gasteiger partial charge >= 0.3 is 0 Å². The van der Waals surface area contributed by atoms with E-state index in [1.807, 2.05) is 29.2 Å². The summed E-state index contributed by atoms with van der Waals surface area (Å²) in [7, 11) is 0. The average molecular weight is 347 g/mol. The van der Waals surface area contributed by atoms with E-state index in [0.29, 0.717) is 13.1 Å². The first-order valence-corrected chi connectivity index (χ1v) is 7.84. The van der Waals surface area contributed by atoms with Gasteiger partial charge in [-0.3, -0.25) is 14.7 Å². The predicted octanol–water partition coefficient (Wildman–Crippen LogP) is 1.32. The number of rotatable bonds is 2. The van der Waals surface area contributed by atoms with Gasteiger partial charge in [0.25, 0.3) is 5.91 Å². The predicted molar refractivity (Wildman–Crippen MR) is 83.6 cm³/mol. The minimum absolute atomic E-state index is 0.0924. The van der Waals surface area contributed by atoms with Crippen molar-refractivity contribution in [3.63, 3.8) is 0 Å². The molecule has 0 radical (unpaired) electrons. The van der Waals surface area contributed by atoms with Gasteiger partial charge < -0.3 is 10.2 Å². The number of hydrogen-bond acceptors (Lipinski definition) is 4. The highest BCUT2D eigenvalue weighted by Gasteiger charge is 2.40. The second kappa shape index (κ2) is 4.96. The summed E-state index contributed by atoms with van der Waals surface area (Å²) in [6.07, 6.45) is 0. The molecule has 0 bridgehead atoms. The van der Waals surface area contributed by atoms with Gasteiger partial charge in [0, 0.05) is 29.8 Å². The molecule has 0 fully saturated rings. The first-order valence-electron chi connectivity index (χ1n) is 7.05. The van der Waals surface area contributed by atoms with Crippen LogP contribution in [0.15, 0.2) is 45.0 Å². The molecule has 0 unspecified atom stereocenters. The summed E-state index contributed by atoms with van der Waals surface area (Å²) in [5.74, 6) is 0.903. The van der Waals surface area contributed by atoms with E-state index in [0.717, 1.165) is 46.9 Å². The van der Waals surface area contributed by atoms with Gasteiger partial charge in [-0.15, -0.1) is 0 Å². The largest absolute Gasteiger partial charge is 0.312 e. The van der Waals surface area contributed by atoms with Crippen LogP contribution in [0.5, 0.6) is 0 Å². The lowest BCUT2D eigenvalue weighted by molar-refractivity contribution is -0.124. The minimum Gasteiger partial charge on any atom is -0.312 e. The second-order valence-corrected chi connectivity index (χ2v) is 6.30. The number of halogens is 1. The van der Waals surface area contributed by atoms with Crippen LogP contribution >= 0.6 is 15.9 Å². The summed E-state index contributed by atoms with van der Waals surface area (Å²) in [6.45, 7) is 3.63. The highest BCUT2D eigenvalue weighted by Crippen LogP contribution is 2.28. The molecule has 1 N–H and O–H groups in total. The third-order valence-electron chi connectivity index (χ3n) is 4.09. The van der Waals surface area contributed by atoms with Crippen LogP contribution in [0.3, 0.4) is 0 Å². The van der Waals surface area contributed by atoms with Crippen molar-refractivity contribution >= 4 is 27.8 Å². The molecule has 6 heteroatoms. The number of nitrogens with one attached hydrogen (secondary N) is 1. The summed E-state index contributed by atoms with van der Waals surface area (Å²) in [5, 5.41) is 3.27. The minimum atomic E-state index is 0.0924. The molecule has 1 aromatic carbocycles. The van der Waals surface area contributed by atoms with E-state index >= 15 is 0 Å². The zero-order chi connectivity index (χ0) is 14.4. The third-order valence-corrected chi connectivity index (χ3v) is 4.61. The van der Waals surface area contributed by atoms with Crippen LogP contribution < -0.4 is 5.32 Å². The molecule has 1 aromatic rings. The SMILES string of the molecule is O=C1C2=C(CNC2)N2CCN=C2N1Cc1ccc(Br)cc1. The topological polar surface area (TPSA) is 47.9 Å². The molecule has 0 atom stereocenters. The maximum absolute atomic E-state index is 12.7. The third kappa shape index (κ3) is 2.10. The number of amides is 1. The maximum Gasteiger partial charge on any atom is 0.259 e. The lowest BCUT2D eigenvalue weighted by atomic mass is 10.1. The van der Waals surface area contributed by atoms with Crippen molar-refractivity contribution in [1.82, 2.24) is 15.1 Å². The zero-order valence-electron chi connectivity index (χ0n) is 11.5.